The number of nitrogens with two attached hydrogens (primary N) is 1. The van der Waals surface area contributed by atoms with Gasteiger partial charge >= 0.3 is 0 Å². The van der Waals surface area contributed by atoms with Crippen LogP contribution in [0.5, 0.6) is 0 Å². The minimum absolute atomic E-state index is 0.375. The molecule has 0 unspecified atom stereocenters. The van der Waals surface area contributed by atoms with Crippen molar-refractivity contribution in [1.82, 2.24) is 19.2 Å². The van der Waals surface area contributed by atoms with E-state index in [4.69, 9.17) is 17.3 Å². The van der Waals surface area contributed by atoms with E-state index in [9.17, 15) is 4.79 Å². The lowest BCUT2D eigenvalue weighted by Gasteiger charge is -2.12. The monoisotopic (exact) mass is 365 g/mol. The third-order valence-electron chi connectivity index (χ3n) is 4.37. The first-order chi connectivity index (χ1) is 12.6. The molecule has 3 aromatic heterocycles. The number of carbonyl (C=O) groups excluding carboxylic acids is 1. The second-order valence-corrected chi connectivity index (χ2v) is 6.36. The highest BCUT2D eigenvalue weighted by Crippen LogP contribution is 2.29. The van der Waals surface area contributed by atoms with Gasteiger partial charge in [-0.15, -0.1) is 0 Å². The van der Waals surface area contributed by atoms with E-state index in [1.807, 2.05) is 42.7 Å². The molecule has 1 amide bonds. The van der Waals surface area contributed by atoms with Gasteiger partial charge in [0.15, 0.2) is 0 Å². The quantitative estimate of drug-likeness (QED) is 0.601. The lowest BCUT2D eigenvalue weighted by atomic mass is 10.1. The number of aryl methyl sites for hydroxylation is 1. The predicted molar refractivity (Wildman–Crippen MR) is 101 cm³/mol. The number of hydrogen-bond acceptors (Lipinski definition) is 3. The molecule has 0 atom stereocenters. The molecule has 0 fully saturated rings. The van der Waals surface area contributed by atoms with Gasteiger partial charge in [0.25, 0.3) is 5.91 Å². The molecule has 7 heteroatoms. The molecule has 2 N–H and O–H groups in total. The van der Waals surface area contributed by atoms with Gasteiger partial charge in [0, 0.05) is 23.0 Å². The van der Waals surface area contributed by atoms with Crippen LogP contribution in [0.1, 0.15) is 23.0 Å². The molecular formula is C19H16ClN5O. The van der Waals surface area contributed by atoms with Gasteiger partial charge in [0.05, 0.1) is 16.9 Å². The van der Waals surface area contributed by atoms with E-state index in [1.165, 1.54) is 6.33 Å². The molecule has 3 heterocycles. The maximum atomic E-state index is 12.1. The molecule has 26 heavy (non-hydrogen) atoms. The summed E-state index contributed by atoms with van der Waals surface area (Å²) >= 11 is 6.19. The van der Waals surface area contributed by atoms with Crippen LogP contribution >= 0.6 is 11.6 Å². The largest absolute Gasteiger partial charge is 0.364 e. The van der Waals surface area contributed by atoms with Crippen LogP contribution in [0.25, 0.3) is 22.5 Å². The smallest absolute Gasteiger partial charge is 0.265 e. The van der Waals surface area contributed by atoms with Crippen LogP contribution in [-0.4, -0.2) is 25.1 Å². The van der Waals surface area contributed by atoms with Gasteiger partial charge in [-0.3, -0.25) is 4.79 Å². The van der Waals surface area contributed by atoms with Gasteiger partial charge in [-0.05, 0) is 42.3 Å². The summed E-state index contributed by atoms with van der Waals surface area (Å²) in [7, 11) is 0. The van der Waals surface area contributed by atoms with Crippen LogP contribution in [0.2, 0.25) is 5.02 Å². The first-order valence-corrected chi connectivity index (χ1v) is 8.56. The zero-order valence-corrected chi connectivity index (χ0v) is 14.8. The van der Waals surface area contributed by atoms with Crippen molar-refractivity contribution in [1.29, 1.82) is 0 Å². The van der Waals surface area contributed by atoms with E-state index in [1.54, 1.807) is 15.1 Å². The molecule has 0 saturated heterocycles. The van der Waals surface area contributed by atoms with E-state index in [-0.39, 0.29) is 0 Å². The Morgan fingerprint density at radius 3 is 2.88 bits per heavy atom. The number of rotatable bonds is 4. The SMILES string of the molecule is CCc1ccc(Cl)cc1-n1cc(-c2ncnn3cccc23)cc1C(N)=O. The van der Waals surface area contributed by atoms with Gasteiger partial charge in [-0.1, -0.05) is 24.6 Å². The van der Waals surface area contributed by atoms with Crippen molar-refractivity contribution in [3.05, 3.63) is 71.4 Å². The van der Waals surface area contributed by atoms with Crippen LogP contribution in [0.15, 0.2) is 55.1 Å². The summed E-state index contributed by atoms with van der Waals surface area (Å²) in [5.74, 6) is -0.515. The fourth-order valence-electron chi connectivity index (χ4n) is 3.13. The normalized spacial score (nSPS) is 11.2. The summed E-state index contributed by atoms with van der Waals surface area (Å²) in [4.78, 5) is 16.5. The summed E-state index contributed by atoms with van der Waals surface area (Å²) < 4.78 is 3.52. The van der Waals surface area contributed by atoms with Crippen molar-refractivity contribution in [3.63, 3.8) is 0 Å². The number of amides is 1. The number of nitrogens with zero attached hydrogens (tertiary/aromatic N) is 4. The summed E-state index contributed by atoms with van der Waals surface area (Å²) in [6.45, 7) is 2.05. The Bertz CT molecular complexity index is 1130. The van der Waals surface area contributed by atoms with E-state index in [2.05, 4.69) is 17.0 Å². The number of benzene rings is 1. The molecule has 0 bridgehead atoms. The Labute approximate surface area is 154 Å². The highest BCUT2D eigenvalue weighted by atomic mass is 35.5. The van der Waals surface area contributed by atoms with Gasteiger partial charge in [-0.2, -0.15) is 5.10 Å². The second-order valence-electron chi connectivity index (χ2n) is 5.92. The van der Waals surface area contributed by atoms with Gasteiger partial charge in [-0.25, -0.2) is 9.50 Å². The van der Waals surface area contributed by atoms with Crippen LogP contribution < -0.4 is 5.73 Å². The zero-order valence-electron chi connectivity index (χ0n) is 14.1. The molecule has 0 saturated carbocycles. The van der Waals surface area contributed by atoms with Crippen LogP contribution in [0.4, 0.5) is 0 Å². The molecule has 0 aliphatic heterocycles. The Morgan fingerprint density at radius 1 is 1.27 bits per heavy atom. The first kappa shape index (κ1) is 16.4. The van der Waals surface area contributed by atoms with Gasteiger partial charge in [0.1, 0.15) is 12.0 Å². The molecule has 6 nitrogen and oxygen atoms in total. The minimum Gasteiger partial charge on any atom is -0.364 e. The summed E-state index contributed by atoms with van der Waals surface area (Å²) in [6.07, 6.45) is 5.99. The highest BCUT2D eigenvalue weighted by Gasteiger charge is 2.18. The number of hydrogen-bond donors (Lipinski definition) is 1. The minimum atomic E-state index is -0.515. The van der Waals surface area contributed by atoms with Crippen molar-refractivity contribution < 1.29 is 4.79 Å². The van der Waals surface area contributed by atoms with E-state index >= 15 is 0 Å². The standard InChI is InChI=1S/C19H16ClN5O/c1-2-12-5-6-14(20)9-16(12)24-10-13(8-17(24)19(21)26)18-15-4-3-7-25(15)23-11-22-18/h3-11H,2H2,1H3,(H2,21,26). The lowest BCUT2D eigenvalue weighted by molar-refractivity contribution is 0.0994. The number of carbonyl (C=O) groups is 1. The van der Waals surface area contributed by atoms with Crippen LogP contribution in [0, 0.1) is 0 Å². The third kappa shape index (κ3) is 2.64. The first-order valence-electron chi connectivity index (χ1n) is 8.18. The number of primary amides is 1. The van der Waals surface area contributed by atoms with Gasteiger partial charge < -0.3 is 10.3 Å². The molecule has 0 aliphatic rings. The Kier molecular flexibility index (Phi) is 3.97. The Balaban J connectivity index is 1.97. The molecule has 4 aromatic rings. The summed E-state index contributed by atoms with van der Waals surface area (Å²) in [5.41, 5.74) is 10.3. The Morgan fingerprint density at radius 2 is 2.12 bits per heavy atom. The molecule has 0 spiro atoms. The molecule has 4 rings (SSSR count). The fourth-order valence-corrected chi connectivity index (χ4v) is 3.30. The zero-order chi connectivity index (χ0) is 18.3. The number of halogens is 1. The molecular weight excluding hydrogens is 350 g/mol. The fraction of sp³-hybridized carbons (Fsp3) is 0.105. The molecule has 0 aliphatic carbocycles. The number of aromatic nitrogens is 4. The van der Waals surface area contributed by atoms with E-state index < -0.39 is 5.91 Å². The Hall–Kier alpha value is -3.12. The third-order valence-corrected chi connectivity index (χ3v) is 4.60. The second kappa shape index (κ2) is 6.31. The van der Waals surface area contributed by atoms with Gasteiger partial charge in [0.2, 0.25) is 0 Å². The van der Waals surface area contributed by atoms with Crippen LogP contribution in [-0.2, 0) is 6.42 Å². The average Bonchev–Trinajstić information content (AvgIpc) is 3.28. The summed E-state index contributed by atoms with van der Waals surface area (Å²) in [6, 6.07) is 11.2. The van der Waals surface area contributed by atoms with Crippen molar-refractivity contribution in [3.8, 4) is 16.9 Å². The van der Waals surface area contributed by atoms with Crippen molar-refractivity contribution in [2.75, 3.05) is 0 Å². The highest BCUT2D eigenvalue weighted by molar-refractivity contribution is 6.30. The van der Waals surface area contributed by atoms with Crippen molar-refractivity contribution in [2.24, 2.45) is 5.73 Å². The summed E-state index contributed by atoms with van der Waals surface area (Å²) in [5, 5.41) is 4.77. The molecule has 1 aromatic carbocycles. The lowest BCUT2D eigenvalue weighted by Crippen LogP contribution is -2.16. The molecule has 0 radical (unpaired) electrons. The van der Waals surface area contributed by atoms with E-state index in [0.29, 0.717) is 10.7 Å². The van der Waals surface area contributed by atoms with E-state index in [0.717, 1.165) is 34.4 Å². The van der Waals surface area contributed by atoms with Crippen molar-refractivity contribution in [2.45, 2.75) is 13.3 Å². The maximum absolute atomic E-state index is 12.1. The predicted octanol–water partition coefficient (Wildman–Crippen LogP) is 3.50. The maximum Gasteiger partial charge on any atom is 0.265 e. The number of fused-ring (bicyclic) bond motifs is 1. The topological polar surface area (TPSA) is 78.2 Å². The van der Waals surface area contributed by atoms with Crippen molar-refractivity contribution >= 4 is 23.0 Å². The average molecular weight is 366 g/mol. The molecule has 130 valence electrons. The van der Waals surface area contributed by atoms with Crippen LogP contribution in [0.3, 0.4) is 0 Å².